The van der Waals surface area contributed by atoms with Gasteiger partial charge in [-0.25, -0.2) is 22.9 Å². The van der Waals surface area contributed by atoms with Crippen molar-refractivity contribution in [3.63, 3.8) is 0 Å². The van der Waals surface area contributed by atoms with E-state index < -0.39 is 39.2 Å². The number of rotatable bonds is 8. The molecule has 2 aliphatic heterocycles. The van der Waals surface area contributed by atoms with Crippen molar-refractivity contribution in [3.8, 4) is 0 Å². The average Bonchev–Trinajstić information content (AvgIpc) is 3.28. The van der Waals surface area contributed by atoms with Gasteiger partial charge >= 0.3 is 6.03 Å². The van der Waals surface area contributed by atoms with Crippen molar-refractivity contribution in [3.05, 3.63) is 0 Å². The van der Waals surface area contributed by atoms with Crippen LogP contribution in [0.25, 0.3) is 0 Å². The molecular formula is C20H34N6O5S. The Morgan fingerprint density at radius 1 is 1.28 bits per heavy atom. The summed E-state index contributed by atoms with van der Waals surface area (Å²) in [6.07, 6.45) is 2.59. The summed E-state index contributed by atoms with van der Waals surface area (Å²) in [6.45, 7) is 3.64. The molecule has 4 unspecified atom stereocenters. The number of urea groups is 1. The lowest BCUT2D eigenvalue weighted by atomic mass is 9.80. The Kier molecular flexibility index (Phi) is 6.25. The second-order valence-corrected chi connectivity index (χ2v) is 12.0. The van der Waals surface area contributed by atoms with Crippen LogP contribution in [0.4, 0.5) is 4.79 Å². The fourth-order valence-corrected chi connectivity index (χ4v) is 7.15. The first-order chi connectivity index (χ1) is 15.0. The standard InChI is InChI=1S/C20H34N6O5S/c1-20(6-7-20)23-32(30,31)14-3-4-16-15(9-14)18(28)26(12-13-10-22-24(2)11-13)19(29)25(16)8-5-17(21)27/h13-16,22-23H,3-12H2,1-2H3,(H2,21,27). The number of amides is 4. The van der Waals surface area contributed by atoms with Crippen molar-refractivity contribution in [1.82, 2.24) is 25.0 Å². The molecule has 2 saturated carbocycles. The highest BCUT2D eigenvalue weighted by Crippen LogP contribution is 2.40. The van der Waals surface area contributed by atoms with E-state index >= 15 is 0 Å². The van der Waals surface area contributed by atoms with Crippen LogP contribution < -0.4 is 15.9 Å². The van der Waals surface area contributed by atoms with E-state index in [-0.39, 0.29) is 43.3 Å². The zero-order valence-electron chi connectivity index (χ0n) is 18.7. The Morgan fingerprint density at radius 2 is 2.00 bits per heavy atom. The van der Waals surface area contributed by atoms with E-state index in [1.54, 1.807) is 4.90 Å². The van der Waals surface area contributed by atoms with Crippen LogP contribution in [0.2, 0.25) is 0 Å². The number of nitrogens with one attached hydrogen (secondary N) is 2. The van der Waals surface area contributed by atoms with Crippen molar-refractivity contribution in [2.75, 3.05) is 33.2 Å². The van der Waals surface area contributed by atoms with Gasteiger partial charge in [0.25, 0.3) is 0 Å². The van der Waals surface area contributed by atoms with Gasteiger partial charge in [-0.05, 0) is 39.0 Å². The van der Waals surface area contributed by atoms with Crippen molar-refractivity contribution in [2.24, 2.45) is 17.6 Å². The molecule has 4 aliphatic rings. The quantitative estimate of drug-likeness (QED) is 0.421. The molecule has 0 aromatic carbocycles. The highest BCUT2D eigenvalue weighted by molar-refractivity contribution is 7.90. The molecule has 180 valence electrons. The number of hydrogen-bond donors (Lipinski definition) is 3. The summed E-state index contributed by atoms with van der Waals surface area (Å²) in [4.78, 5) is 40.9. The van der Waals surface area contributed by atoms with E-state index in [0.29, 0.717) is 25.9 Å². The first-order valence-corrected chi connectivity index (χ1v) is 12.9. The first-order valence-electron chi connectivity index (χ1n) is 11.4. The van der Waals surface area contributed by atoms with Crippen LogP contribution in [-0.2, 0) is 19.6 Å². The molecule has 12 heteroatoms. The number of carbonyl (C=O) groups excluding carboxylic acids is 3. The number of carbonyl (C=O) groups is 3. The minimum atomic E-state index is -3.57. The van der Waals surface area contributed by atoms with Crippen LogP contribution in [0.15, 0.2) is 0 Å². The van der Waals surface area contributed by atoms with E-state index in [1.807, 2.05) is 19.0 Å². The summed E-state index contributed by atoms with van der Waals surface area (Å²) in [6, 6.07) is -0.810. The predicted molar refractivity (Wildman–Crippen MR) is 116 cm³/mol. The van der Waals surface area contributed by atoms with Crippen molar-refractivity contribution in [2.45, 2.75) is 62.3 Å². The average molecular weight is 471 g/mol. The second-order valence-electron chi connectivity index (χ2n) is 10.1. The van der Waals surface area contributed by atoms with E-state index in [1.165, 1.54) is 4.90 Å². The normalized spacial score (nSPS) is 32.8. The Labute approximate surface area is 189 Å². The number of hydrazine groups is 1. The summed E-state index contributed by atoms with van der Waals surface area (Å²) in [5.74, 6) is -1.34. The third kappa shape index (κ3) is 4.78. The molecule has 4 fully saturated rings. The molecule has 11 nitrogen and oxygen atoms in total. The summed E-state index contributed by atoms with van der Waals surface area (Å²) >= 11 is 0. The van der Waals surface area contributed by atoms with E-state index in [4.69, 9.17) is 5.73 Å². The molecule has 4 atom stereocenters. The first kappa shape index (κ1) is 23.4. The van der Waals surface area contributed by atoms with Crippen LogP contribution in [0, 0.1) is 11.8 Å². The summed E-state index contributed by atoms with van der Waals surface area (Å²) < 4.78 is 28.8. The van der Waals surface area contributed by atoms with Gasteiger partial charge in [0.15, 0.2) is 0 Å². The Bertz CT molecular complexity index is 891. The Balaban J connectivity index is 1.54. The summed E-state index contributed by atoms with van der Waals surface area (Å²) in [5.41, 5.74) is 8.12. The largest absolute Gasteiger partial charge is 0.370 e. The summed E-state index contributed by atoms with van der Waals surface area (Å²) in [7, 11) is -1.67. The van der Waals surface area contributed by atoms with Crippen LogP contribution in [0.3, 0.4) is 0 Å². The van der Waals surface area contributed by atoms with Gasteiger partial charge in [0.1, 0.15) is 0 Å². The third-order valence-corrected chi connectivity index (χ3v) is 9.36. The zero-order valence-corrected chi connectivity index (χ0v) is 19.6. The number of fused-ring (bicyclic) bond motifs is 1. The van der Waals surface area contributed by atoms with Crippen molar-refractivity contribution in [1.29, 1.82) is 0 Å². The van der Waals surface area contributed by atoms with Crippen LogP contribution in [0.1, 0.15) is 45.4 Å². The van der Waals surface area contributed by atoms with Crippen LogP contribution >= 0.6 is 0 Å². The molecule has 4 N–H and O–H groups in total. The molecule has 0 aromatic rings. The maximum absolute atomic E-state index is 13.4. The molecule has 4 amide bonds. The molecule has 0 aromatic heterocycles. The van der Waals surface area contributed by atoms with E-state index in [2.05, 4.69) is 10.1 Å². The predicted octanol–water partition coefficient (Wildman–Crippen LogP) is -0.799. The Morgan fingerprint density at radius 3 is 2.59 bits per heavy atom. The van der Waals surface area contributed by atoms with Gasteiger partial charge in [-0.2, -0.15) is 0 Å². The lowest BCUT2D eigenvalue weighted by Crippen LogP contribution is -2.65. The van der Waals surface area contributed by atoms with Crippen LogP contribution in [0.5, 0.6) is 0 Å². The van der Waals surface area contributed by atoms with E-state index in [0.717, 1.165) is 12.8 Å². The topological polar surface area (TPSA) is 145 Å². The van der Waals surface area contributed by atoms with Gasteiger partial charge in [0.05, 0.1) is 11.2 Å². The number of hydrogen-bond acceptors (Lipinski definition) is 7. The van der Waals surface area contributed by atoms with Crippen molar-refractivity contribution >= 4 is 27.9 Å². The number of nitrogens with zero attached hydrogens (tertiary/aromatic N) is 3. The second kappa shape index (κ2) is 8.54. The molecule has 4 rings (SSSR count). The molecule has 2 heterocycles. The lowest BCUT2D eigenvalue weighted by molar-refractivity contribution is -0.141. The Hall–Kier alpha value is -1.76. The lowest BCUT2D eigenvalue weighted by Gasteiger charge is -2.48. The minimum Gasteiger partial charge on any atom is -0.370 e. The van der Waals surface area contributed by atoms with Gasteiger partial charge in [0, 0.05) is 57.1 Å². The monoisotopic (exact) mass is 470 g/mol. The van der Waals surface area contributed by atoms with E-state index in [9.17, 15) is 22.8 Å². The SMILES string of the molecule is CN1CC(CN2C(=O)C3CC(S(=O)(=O)NC4(C)CC4)CCC3N(CCC(N)=O)C2=O)CN1. The maximum Gasteiger partial charge on any atom is 0.326 e. The van der Waals surface area contributed by atoms with Gasteiger partial charge in [-0.3, -0.25) is 19.9 Å². The van der Waals surface area contributed by atoms with Gasteiger partial charge in [0.2, 0.25) is 21.8 Å². The highest BCUT2D eigenvalue weighted by Gasteiger charge is 2.52. The molecular weight excluding hydrogens is 436 g/mol. The maximum atomic E-state index is 13.4. The van der Waals surface area contributed by atoms with Gasteiger partial charge in [-0.1, -0.05) is 0 Å². The molecule has 0 radical (unpaired) electrons. The fourth-order valence-electron chi connectivity index (χ4n) is 5.19. The number of primary amides is 1. The molecule has 0 bridgehead atoms. The summed E-state index contributed by atoms with van der Waals surface area (Å²) in [5, 5.41) is 1.25. The molecule has 32 heavy (non-hydrogen) atoms. The highest BCUT2D eigenvalue weighted by atomic mass is 32.2. The molecule has 2 aliphatic carbocycles. The van der Waals surface area contributed by atoms with Gasteiger partial charge < -0.3 is 10.6 Å². The van der Waals surface area contributed by atoms with Gasteiger partial charge in [-0.15, -0.1) is 0 Å². The number of sulfonamides is 1. The smallest absolute Gasteiger partial charge is 0.326 e. The molecule has 2 saturated heterocycles. The minimum absolute atomic E-state index is 0.00630. The number of nitrogens with two attached hydrogens (primary N) is 1. The van der Waals surface area contributed by atoms with Crippen molar-refractivity contribution < 1.29 is 22.8 Å². The fraction of sp³-hybridized carbons (Fsp3) is 0.850. The number of imide groups is 1. The van der Waals surface area contributed by atoms with Crippen LogP contribution in [-0.4, -0.2) is 91.1 Å². The zero-order chi connectivity index (χ0) is 23.3. The third-order valence-electron chi connectivity index (χ3n) is 7.28. The molecule has 0 spiro atoms.